The van der Waals surface area contributed by atoms with Gasteiger partial charge in [0.2, 0.25) is 0 Å². The summed E-state index contributed by atoms with van der Waals surface area (Å²) in [6, 6.07) is 0.645. The molecule has 0 bridgehead atoms. The molecular formula is C15H25N3S. The quantitative estimate of drug-likeness (QED) is 0.917. The molecule has 2 fully saturated rings. The first kappa shape index (κ1) is 13.5. The van der Waals surface area contributed by atoms with Crippen LogP contribution in [-0.4, -0.2) is 41.1 Å². The van der Waals surface area contributed by atoms with E-state index in [0.29, 0.717) is 11.6 Å². The van der Waals surface area contributed by atoms with Crippen molar-refractivity contribution in [3.05, 3.63) is 16.1 Å². The van der Waals surface area contributed by atoms with E-state index in [2.05, 4.69) is 41.4 Å². The number of nitrogens with one attached hydrogen (secondary N) is 1. The summed E-state index contributed by atoms with van der Waals surface area (Å²) in [6.07, 6.45) is 3.92. The minimum atomic E-state index is 0.352. The van der Waals surface area contributed by atoms with Gasteiger partial charge in [-0.3, -0.25) is 4.90 Å². The molecule has 1 aliphatic carbocycles. The highest BCUT2D eigenvalue weighted by Crippen LogP contribution is 2.41. The molecular weight excluding hydrogens is 254 g/mol. The Morgan fingerprint density at radius 2 is 2.32 bits per heavy atom. The fourth-order valence-electron chi connectivity index (χ4n) is 3.22. The van der Waals surface area contributed by atoms with Gasteiger partial charge in [0, 0.05) is 43.0 Å². The van der Waals surface area contributed by atoms with E-state index in [0.717, 1.165) is 25.4 Å². The minimum absolute atomic E-state index is 0.352. The van der Waals surface area contributed by atoms with Crippen molar-refractivity contribution in [2.24, 2.45) is 5.92 Å². The first-order valence-electron chi connectivity index (χ1n) is 7.47. The molecule has 1 aromatic heterocycles. The maximum absolute atomic E-state index is 4.58. The monoisotopic (exact) mass is 279 g/mol. The second-order valence-corrected chi connectivity index (χ2v) is 7.56. The maximum atomic E-state index is 4.58. The summed E-state index contributed by atoms with van der Waals surface area (Å²) in [4.78, 5) is 7.24. The molecule has 0 aromatic carbocycles. The van der Waals surface area contributed by atoms with Crippen LogP contribution < -0.4 is 5.32 Å². The highest BCUT2D eigenvalue weighted by Gasteiger charge is 2.45. The van der Waals surface area contributed by atoms with Gasteiger partial charge in [0.15, 0.2) is 0 Å². The fourth-order valence-corrected chi connectivity index (χ4v) is 3.87. The molecule has 2 aliphatic rings. The van der Waals surface area contributed by atoms with Crippen LogP contribution in [0.25, 0.3) is 0 Å². The van der Waals surface area contributed by atoms with Gasteiger partial charge in [0.05, 0.1) is 10.7 Å². The van der Waals surface area contributed by atoms with Crippen molar-refractivity contribution in [2.75, 3.05) is 19.6 Å². The smallest absolute Gasteiger partial charge is 0.0897 e. The molecule has 1 aliphatic heterocycles. The topological polar surface area (TPSA) is 28.2 Å². The zero-order valence-electron chi connectivity index (χ0n) is 12.3. The van der Waals surface area contributed by atoms with E-state index in [4.69, 9.17) is 0 Å². The van der Waals surface area contributed by atoms with Crippen LogP contribution in [0.3, 0.4) is 0 Å². The van der Waals surface area contributed by atoms with E-state index in [1.165, 1.54) is 30.1 Å². The zero-order chi connectivity index (χ0) is 13.5. The average Bonchev–Trinajstić information content (AvgIpc) is 3.16. The normalized spacial score (nSPS) is 32.7. The molecule has 0 radical (unpaired) electrons. The number of aromatic nitrogens is 1. The Balaban J connectivity index is 1.59. The van der Waals surface area contributed by atoms with E-state index in [-0.39, 0.29) is 0 Å². The largest absolute Gasteiger partial charge is 0.308 e. The van der Waals surface area contributed by atoms with E-state index >= 15 is 0 Å². The lowest BCUT2D eigenvalue weighted by atomic mass is 9.91. The number of rotatable bonds is 4. The lowest BCUT2D eigenvalue weighted by Crippen LogP contribution is -2.63. The van der Waals surface area contributed by atoms with Crippen LogP contribution in [0.15, 0.2) is 5.38 Å². The Kier molecular flexibility index (Phi) is 3.67. The number of thiazole rings is 1. The molecule has 4 heteroatoms. The van der Waals surface area contributed by atoms with Crippen molar-refractivity contribution in [1.29, 1.82) is 0 Å². The van der Waals surface area contributed by atoms with Gasteiger partial charge < -0.3 is 5.32 Å². The molecule has 0 amide bonds. The lowest BCUT2D eigenvalue weighted by molar-refractivity contribution is 0.0842. The number of nitrogens with zero attached hydrogens (tertiary/aromatic N) is 2. The Hall–Kier alpha value is -0.450. The first-order chi connectivity index (χ1) is 9.07. The first-order valence-corrected chi connectivity index (χ1v) is 8.35. The minimum Gasteiger partial charge on any atom is -0.308 e. The van der Waals surface area contributed by atoms with Crippen molar-refractivity contribution in [3.8, 4) is 0 Å². The van der Waals surface area contributed by atoms with Gasteiger partial charge >= 0.3 is 0 Å². The number of piperazine rings is 1. The van der Waals surface area contributed by atoms with Crippen molar-refractivity contribution in [3.63, 3.8) is 0 Å². The van der Waals surface area contributed by atoms with Crippen LogP contribution in [0.2, 0.25) is 0 Å². The Morgan fingerprint density at radius 1 is 1.53 bits per heavy atom. The SMILES string of the molecule is Cc1nc(CCN2CC(C)(C3CC3)NCC2C)cs1. The summed E-state index contributed by atoms with van der Waals surface area (Å²) >= 11 is 1.76. The van der Waals surface area contributed by atoms with E-state index in [9.17, 15) is 0 Å². The van der Waals surface area contributed by atoms with Crippen LogP contribution in [0, 0.1) is 12.8 Å². The molecule has 0 spiro atoms. The van der Waals surface area contributed by atoms with Crippen LogP contribution in [-0.2, 0) is 6.42 Å². The molecule has 1 aromatic rings. The summed E-state index contributed by atoms with van der Waals surface area (Å²) in [6.45, 7) is 10.3. The highest BCUT2D eigenvalue weighted by molar-refractivity contribution is 7.09. The predicted molar refractivity (Wildman–Crippen MR) is 80.7 cm³/mol. The van der Waals surface area contributed by atoms with Gasteiger partial charge in [0.25, 0.3) is 0 Å². The van der Waals surface area contributed by atoms with Crippen LogP contribution in [0.4, 0.5) is 0 Å². The molecule has 3 rings (SSSR count). The standard InChI is InChI=1S/C15H25N3S/c1-11-8-16-15(3,13-4-5-13)10-18(11)7-6-14-9-19-12(2)17-14/h9,11,13,16H,4-8,10H2,1-3H3. The van der Waals surface area contributed by atoms with Crippen LogP contribution >= 0.6 is 11.3 Å². The van der Waals surface area contributed by atoms with Crippen molar-refractivity contribution >= 4 is 11.3 Å². The van der Waals surface area contributed by atoms with Crippen molar-refractivity contribution in [2.45, 2.75) is 51.6 Å². The molecule has 3 nitrogen and oxygen atoms in total. The summed E-state index contributed by atoms with van der Waals surface area (Å²) in [7, 11) is 0. The Labute approximate surface area is 120 Å². The molecule has 1 saturated carbocycles. The van der Waals surface area contributed by atoms with Crippen molar-refractivity contribution < 1.29 is 0 Å². The van der Waals surface area contributed by atoms with Gasteiger partial charge in [-0.15, -0.1) is 11.3 Å². The molecule has 2 unspecified atom stereocenters. The lowest BCUT2D eigenvalue weighted by Gasteiger charge is -2.45. The van der Waals surface area contributed by atoms with Gasteiger partial charge in [-0.1, -0.05) is 0 Å². The fraction of sp³-hybridized carbons (Fsp3) is 0.800. The summed E-state index contributed by atoms with van der Waals surface area (Å²) in [5, 5.41) is 7.18. The molecule has 19 heavy (non-hydrogen) atoms. The third kappa shape index (κ3) is 3.01. The van der Waals surface area contributed by atoms with Crippen molar-refractivity contribution in [1.82, 2.24) is 15.2 Å². The average molecular weight is 279 g/mol. The molecule has 2 atom stereocenters. The van der Waals surface area contributed by atoms with Crippen LogP contribution in [0.1, 0.15) is 37.4 Å². The van der Waals surface area contributed by atoms with Gasteiger partial charge in [0.1, 0.15) is 0 Å². The van der Waals surface area contributed by atoms with Gasteiger partial charge in [-0.05, 0) is 39.5 Å². The third-order valence-corrected chi connectivity index (χ3v) is 5.58. The second kappa shape index (κ2) is 5.15. The number of aryl methyl sites for hydroxylation is 1. The predicted octanol–water partition coefficient (Wildman–Crippen LogP) is 2.46. The Morgan fingerprint density at radius 3 is 2.95 bits per heavy atom. The summed E-state index contributed by atoms with van der Waals surface area (Å²) in [5.41, 5.74) is 1.62. The molecule has 2 heterocycles. The summed E-state index contributed by atoms with van der Waals surface area (Å²) < 4.78 is 0. The summed E-state index contributed by atoms with van der Waals surface area (Å²) in [5.74, 6) is 0.906. The molecule has 1 saturated heterocycles. The highest BCUT2D eigenvalue weighted by atomic mass is 32.1. The van der Waals surface area contributed by atoms with Gasteiger partial charge in [-0.25, -0.2) is 4.98 Å². The third-order valence-electron chi connectivity index (χ3n) is 4.76. The van der Waals surface area contributed by atoms with E-state index in [1.807, 2.05) is 0 Å². The van der Waals surface area contributed by atoms with Crippen LogP contribution in [0.5, 0.6) is 0 Å². The van der Waals surface area contributed by atoms with E-state index in [1.54, 1.807) is 11.3 Å². The zero-order valence-corrected chi connectivity index (χ0v) is 13.1. The molecule has 1 N–H and O–H groups in total. The van der Waals surface area contributed by atoms with E-state index < -0.39 is 0 Å². The number of hydrogen-bond acceptors (Lipinski definition) is 4. The molecule has 106 valence electrons. The van der Waals surface area contributed by atoms with Gasteiger partial charge in [-0.2, -0.15) is 0 Å². The second-order valence-electron chi connectivity index (χ2n) is 6.50. The maximum Gasteiger partial charge on any atom is 0.0897 e. The Bertz CT molecular complexity index is 440. The number of hydrogen-bond donors (Lipinski definition) is 1.